The fourth-order valence-electron chi connectivity index (χ4n) is 3.17. The summed E-state index contributed by atoms with van der Waals surface area (Å²) in [6, 6.07) is 7.25. The lowest BCUT2D eigenvalue weighted by Gasteiger charge is -2.24. The summed E-state index contributed by atoms with van der Waals surface area (Å²) in [5.41, 5.74) is -0.121. The van der Waals surface area contributed by atoms with Crippen LogP contribution in [0.5, 0.6) is 5.75 Å². The Bertz CT molecular complexity index is 640. The number of carbonyl (C=O) groups excluding carboxylic acids is 2. The van der Waals surface area contributed by atoms with Crippen molar-refractivity contribution < 1.29 is 19.4 Å². The van der Waals surface area contributed by atoms with Gasteiger partial charge in [0.1, 0.15) is 5.75 Å². The van der Waals surface area contributed by atoms with Gasteiger partial charge in [-0.3, -0.25) is 9.59 Å². The van der Waals surface area contributed by atoms with E-state index in [1.165, 1.54) is 0 Å². The van der Waals surface area contributed by atoms with E-state index in [0.717, 1.165) is 18.5 Å². The highest BCUT2D eigenvalue weighted by Gasteiger charge is 2.41. The van der Waals surface area contributed by atoms with Gasteiger partial charge in [-0.15, -0.1) is 0 Å². The number of amides is 2. The fourth-order valence-corrected chi connectivity index (χ4v) is 3.17. The second kappa shape index (κ2) is 6.43. The number of methoxy groups -OCH3 is 1. The SMILES string of the molecule is COc1cccc(N2C[C@@H](C(=O)NC[C@](C)(O)C3CC3)CC2=O)c1. The number of hydrogen-bond acceptors (Lipinski definition) is 4. The zero-order chi connectivity index (χ0) is 17.3. The van der Waals surface area contributed by atoms with Gasteiger partial charge >= 0.3 is 0 Å². The van der Waals surface area contributed by atoms with E-state index in [0.29, 0.717) is 12.3 Å². The molecule has 6 heteroatoms. The van der Waals surface area contributed by atoms with Crippen molar-refractivity contribution in [2.45, 2.75) is 31.8 Å². The largest absolute Gasteiger partial charge is 0.497 e. The minimum absolute atomic E-state index is 0.0719. The Morgan fingerprint density at radius 1 is 1.46 bits per heavy atom. The number of anilines is 1. The fraction of sp³-hybridized carbons (Fsp3) is 0.556. The monoisotopic (exact) mass is 332 g/mol. The molecule has 2 amide bonds. The van der Waals surface area contributed by atoms with E-state index < -0.39 is 11.5 Å². The molecule has 0 spiro atoms. The zero-order valence-corrected chi connectivity index (χ0v) is 14.1. The average molecular weight is 332 g/mol. The van der Waals surface area contributed by atoms with Crippen molar-refractivity contribution >= 4 is 17.5 Å². The molecule has 0 bridgehead atoms. The highest BCUT2D eigenvalue weighted by atomic mass is 16.5. The summed E-state index contributed by atoms with van der Waals surface area (Å²) in [6.45, 7) is 2.34. The highest BCUT2D eigenvalue weighted by Crippen LogP contribution is 2.39. The molecule has 2 aliphatic rings. The Morgan fingerprint density at radius 2 is 2.21 bits per heavy atom. The summed E-state index contributed by atoms with van der Waals surface area (Å²) in [6.07, 6.45) is 2.21. The molecule has 3 rings (SSSR count). The molecule has 1 aromatic rings. The normalized spacial score (nSPS) is 23.0. The number of aliphatic hydroxyl groups is 1. The minimum atomic E-state index is -0.856. The topological polar surface area (TPSA) is 78.9 Å². The summed E-state index contributed by atoms with van der Waals surface area (Å²) in [5.74, 6) is 0.315. The Balaban J connectivity index is 1.60. The molecule has 1 aromatic carbocycles. The maximum absolute atomic E-state index is 12.4. The number of ether oxygens (including phenoxy) is 1. The van der Waals surface area contributed by atoms with Crippen LogP contribution in [0.2, 0.25) is 0 Å². The molecule has 2 fully saturated rings. The summed E-state index contributed by atoms with van der Waals surface area (Å²) in [5, 5.41) is 13.1. The molecule has 130 valence electrons. The Kier molecular flexibility index (Phi) is 4.49. The van der Waals surface area contributed by atoms with E-state index in [1.54, 1.807) is 25.0 Å². The number of carbonyl (C=O) groups is 2. The molecule has 0 radical (unpaired) electrons. The molecule has 2 N–H and O–H groups in total. The van der Waals surface area contributed by atoms with Crippen LogP contribution in [0.15, 0.2) is 24.3 Å². The van der Waals surface area contributed by atoms with Gasteiger partial charge in [-0.1, -0.05) is 6.07 Å². The van der Waals surface area contributed by atoms with Gasteiger partial charge in [0.2, 0.25) is 11.8 Å². The van der Waals surface area contributed by atoms with Crippen LogP contribution >= 0.6 is 0 Å². The Hall–Kier alpha value is -2.08. The van der Waals surface area contributed by atoms with Gasteiger partial charge in [0.05, 0.1) is 18.6 Å². The third kappa shape index (κ3) is 3.53. The van der Waals surface area contributed by atoms with Crippen molar-refractivity contribution in [3.05, 3.63) is 24.3 Å². The van der Waals surface area contributed by atoms with E-state index in [4.69, 9.17) is 4.74 Å². The zero-order valence-electron chi connectivity index (χ0n) is 14.1. The van der Waals surface area contributed by atoms with Gasteiger partial charge in [-0.2, -0.15) is 0 Å². The van der Waals surface area contributed by atoms with E-state index in [1.807, 2.05) is 18.2 Å². The van der Waals surface area contributed by atoms with Crippen LogP contribution in [0.25, 0.3) is 0 Å². The maximum atomic E-state index is 12.4. The van der Waals surface area contributed by atoms with Crippen molar-refractivity contribution in [1.29, 1.82) is 0 Å². The lowest BCUT2D eigenvalue weighted by atomic mass is 10.00. The van der Waals surface area contributed by atoms with E-state index >= 15 is 0 Å². The van der Waals surface area contributed by atoms with Crippen LogP contribution < -0.4 is 15.0 Å². The second-order valence-corrected chi connectivity index (χ2v) is 6.96. The number of hydrogen-bond donors (Lipinski definition) is 2. The summed E-state index contributed by atoms with van der Waals surface area (Å²) < 4.78 is 5.18. The Morgan fingerprint density at radius 3 is 2.88 bits per heavy atom. The molecule has 0 aromatic heterocycles. The minimum Gasteiger partial charge on any atom is -0.497 e. The summed E-state index contributed by atoms with van der Waals surface area (Å²) in [4.78, 5) is 26.2. The van der Waals surface area contributed by atoms with Crippen molar-refractivity contribution in [3.63, 3.8) is 0 Å². The lowest BCUT2D eigenvalue weighted by molar-refractivity contribution is -0.127. The molecule has 6 nitrogen and oxygen atoms in total. The van der Waals surface area contributed by atoms with Crippen LogP contribution in [0.1, 0.15) is 26.2 Å². The van der Waals surface area contributed by atoms with Crippen LogP contribution in [-0.4, -0.2) is 42.7 Å². The average Bonchev–Trinajstić information content (AvgIpc) is 3.36. The molecule has 1 heterocycles. The van der Waals surface area contributed by atoms with Crippen LogP contribution in [0.3, 0.4) is 0 Å². The quantitative estimate of drug-likeness (QED) is 0.824. The van der Waals surface area contributed by atoms with Crippen LogP contribution in [0.4, 0.5) is 5.69 Å². The molecular formula is C18H24N2O4. The second-order valence-electron chi connectivity index (χ2n) is 6.96. The first-order chi connectivity index (χ1) is 11.4. The van der Waals surface area contributed by atoms with Gasteiger partial charge in [0.25, 0.3) is 0 Å². The van der Waals surface area contributed by atoms with Crippen molar-refractivity contribution in [2.75, 3.05) is 25.1 Å². The highest BCUT2D eigenvalue weighted by molar-refractivity contribution is 6.00. The third-order valence-electron chi connectivity index (χ3n) is 4.94. The molecule has 1 aliphatic heterocycles. The lowest BCUT2D eigenvalue weighted by Crippen LogP contribution is -2.44. The molecule has 1 saturated heterocycles. The van der Waals surface area contributed by atoms with E-state index in [2.05, 4.69) is 5.32 Å². The van der Waals surface area contributed by atoms with Crippen molar-refractivity contribution in [1.82, 2.24) is 5.32 Å². The standard InChI is InChI=1S/C18H24N2O4/c1-18(23,13-6-7-13)11-19-17(22)12-8-16(21)20(10-12)14-4-3-5-15(9-14)24-2/h3-5,9,12-13,23H,6-8,10-11H2,1-2H3,(H,19,22)/t12-,18-/m0/s1. The number of benzene rings is 1. The van der Waals surface area contributed by atoms with E-state index in [9.17, 15) is 14.7 Å². The summed E-state index contributed by atoms with van der Waals surface area (Å²) in [7, 11) is 1.58. The number of nitrogens with one attached hydrogen (secondary N) is 1. The molecule has 1 aliphatic carbocycles. The van der Waals surface area contributed by atoms with Crippen LogP contribution in [0, 0.1) is 11.8 Å². The molecule has 0 unspecified atom stereocenters. The van der Waals surface area contributed by atoms with E-state index in [-0.39, 0.29) is 30.7 Å². The first kappa shape index (κ1) is 16.8. The molecule has 2 atom stereocenters. The molecule has 24 heavy (non-hydrogen) atoms. The van der Waals surface area contributed by atoms with Gasteiger partial charge in [0.15, 0.2) is 0 Å². The van der Waals surface area contributed by atoms with Gasteiger partial charge in [-0.05, 0) is 37.8 Å². The number of rotatable bonds is 6. The van der Waals surface area contributed by atoms with Gasteiger partial charge in [0, 0.05) is 31.3 Å². The Labute approximate surface area is 141 Å². The number of nitrogens with zero attached hydrogens (tertiary/aromatic N) is 1. The molecular weight excluding hydrogens is 308 g/mol. The maximum Gasteiger partial charge on any atom is 0.227 e. The van der Waals surface area contributed by atoms with Crippen molar-refractivity contribution in [3.8, 4) is 5.75 Å². The molecule has 1 saturated carbocycles. The predicted molar refractivity (Wildman–Crippen MR) is 89.8 cm³/mol. The van der Waals surface area contributed by atoms with Crippen molar-refractivity contribution in [2.24, 2.45) is 11.8 Å². The van der Waals surface area contributed by atoms with Crippen LogP contribution in [-0.2, 0) is 9.59 Å². The van der Waals surface area contributed by atoms with Gasteiger partial charge in [-0.25, -0.2) is 0 Å². The first-order valence-electron chi connectivity index (χ1n) is 8.35. The van der Waals surface area contributed by atoms with Gasteiger partial charge < -0.3 is 20.1 Å². The third-order valence-corrected chi connectivity index (χ3v) is 4.94. The smallest absolute Gasteiger partial charge is 0.227 e. The first-order valence-corrected chi connectivity index (χ1v) is 8.35. The summed E-state index contributed by atoms with van der Waals surface area (Å²) >= 11 is 0. The predicted octanol–water partition coefficient (Wildman–Crippen LogP) is 1.33.